The highest BCUT2D eigenvalue weighted by molar-refractivity contribution is 6.00. The number of rotatable bonds is 5. The van der Waals surface area contributed by atoms with Crippen LogP contribution < -0.4 is 10.2 Å². The molecule has 0 saturated carbocycles. The Morgan fingerprint density at radius 1 is 1.19 bits per heavy atom. The van der Waals surface area contributed by atoms with Gasteiger partial charge in [-0.2, -0.15) is 0 Å². The van der Waals surface area contributed by atoms with Gasteiger partial charge in [0.05, 0.1) is 11.6 Å². The Morgan fingerprint density at radius 3 is 2.54 bits per heavy atom. The van der Waals surface area contributed by atoms with Gasteiger partial charge in [0.2, 0.25) is 11.8 Å². The number of benzene rings is 2. The molecule has 1 N–H and O–H groups in total. The first-order chi connectivity index (χ1) is 12.5. The summed E-state index contributed by atoms with van der Waals surface area (Å²) in [5.41, 5.74) is 2.50. The number of anilines is 1. The van der Waals surface area contributed by atoms with E-state index in [2.05, 4.69) is 31.3 Å². The van der Waals surface area contributed by atoms with Gasteiger partial charge in [0.25, 0.3) is 0 Å². The number of hydrogen-bond acceptors (Lipinski definition) is 2. The van der Waals surface area contributed by atoms with Crippen molar-refractivity contribution in [2.75, 3.05) is 11.4 Å². The molecule has 1 heterocycles. The van der Waals surface area contributed by atoms with Crippen molar-refractivity contribution in [3.63, 3.8) is 0 Å². The first-order valence-corrected chi connectivity index (χ1v) is 8.87. The molecule has 0 spiro atoms. The predicted octanol–water partition coefficient (Wildman–Crippen LogP) is 3.62. The molecule has 1 aliphatic rings. The molecule has 3 rings (SSSR count). The highest BCUT2D eigenvalue weighted by atomic mass is 19.1. The highest BCUT2D eigenvalue weighted by Gasteiger charge is 2.35. The number of carbonyl (C=O) groups excluding carboxylic acids is 2. The van der Waals surface area contributed by atoms with E-state index in [0.717, 1.165) is 5.56 Å². The first kappa shape index (κ1) is 18.1. The van der Waals surface area contributed by atoms with Crippen LogP contribution in [0.5, 0.6) is 0 Å². The van der Waals surface area contributed by atoms with Gasteiger partial charge in [0, 0.05) is 19.5 Å². The lowest BCUT2D eigenvalue weighted by Crippen LogP contribution is -2.32. The Kier molecular flexibility index (Phi) is 5.35. The molecule has 1 aliphatic heterocycles. The molecule has 0 aromatic heterocycles. The summed E-state index contributed by atoms with van der Waals surface area (Å²) in [5, 5.41) is 2.89. The van der Waals surface area contributed by atoms with Gasteiger partial charge in [-0.1, -0.05) is 50.2 Å². The predicted molar refractivity (Wildman–Crippen MR) is 99.2 cm³/mol. The summed E-state index contributed by atoms with van der Waals surface area (Å²) in [7, 11) is 0. The molecule has 1 atom stereocenters. The molecule has 2 aromatic rings. The number of halogens is 1. The molecule has 4 nitrogen and oxygen atoms in total. The average Bonchev–Trinajstić information content (AvgIpc) is 3.02. The summed E-state index contributed by atoms with van der Waals surface area (Å²) >= 11 is 0. The highest BCUT2D eigenvalue weighted by Crippen LogP contribution is 2.27. The number of nitrogens with zero attached hydrogens (tertiary/aromatic N) is 1. The van der Waals surface area contributed by atoms with Crippen molar-refractivity contribution in [1.82, 2.24) is 5.32 Å². The van der Waals surface area contributed by atoms with Crippen LogP contribution in [0.3, 0.4) is 0 Å². The fourth-order valence-electron chi connectivity index (χ4n) is 3.14. The molecule has 0 aliphatic carbocycles. The minimum Gasteiger partial charge on any atom is -0.352 e. The molecule has 136 valence electrons. The van der Waals surface area contributed by atoms with Crippen LogP contribution in [-0.2, 0) is 16.1 Å². The quantitative estimate of drug-likeness (QED) is 0.892. The molecular weight excluding hydrogens is 331 g/mol. The zero-order chi connectivity index (χ0) is 18.7. The summed E-state index contributed by atoms with van der Waals surface area (Å²) in [6.07, 6.45) is 0.104. The normalized spacial score (nSPS) is 17.0. The third-order valence-corrected chi connectivity index (χ3v) is 4.75. The van der Waals surface area contributed by atoms with Crippen LogP contribution in [0.1, 0.15) is 37.3 Å². The molecule has 0 unspecified atom stereocenters. The molecule has 2 amide bonds. The Hall–Kier alpha value is -2.69. The van der Waals surface area contributed by atoms with Gasteiger partial charge >= 0.3 is 0 Å². The van der Waals surface area contributed by atoms with Crippen LogP contribution in [0.15, 0.2) is 48.5 Å². The number of carbonyl (C=O) groups is 2. The molecule has 0 bridgehead atoms. The molecule has 1 saturated heterocycles. The van der Waals surface area contributed by atoms with E-state index in [1.54, 1.807) is 18.2 Å². The first-order valence-electron chi connectivity index (χ1n) is 8.87. The molecule has 5 heteroatoms. The third kappa shape index (κ3) is 3.93. The smallest absolute Gasteiger partial charge is 0.227 e. The molecule has 1 fully saturated rings. The van der Waals surface area contributed by atoms with Crippen molar-refractivity contribution in [2.45, 2.75) is 32.7 Å². The van der Waals surface area contributed by atoms with Crippen LogP contribution in [0.2, 0.25) is 0 Å². The lowest BCUT2D eigenvalue weighted by Gasteiger charge is -2.17. The minimum atomic E-state index is -0.461. The van der Waals surface area contributed by atoms with Crippen molar-refractivity contribution in [1.29, 1.82) is 0 Å². The monoisotopic (exact) mass is 354 g/mol. The SMILES string of the molecule is CC(C)c1ccc(CNC(=O)[C@H]2CC(=O)N(c3ccccc3F)C2)cc1. The number of para-hydroxylation sites is 1. The summed E-state index contributed by atoms with van der Waals surface area (Å²) in [5.74, 6) is -0.849. The zero-order valence-corrected chi connectivity index (χ0v) is 15.0. The Labute approximate surface area is 153 Å². The van der Waals surface area contributed by atoms with E-state index in [1.165, 1.54) is 16.5 Å². The fraction of sp³-hybridized carbons (Fsp3) is 0.333. The fourth-order valence-corrected chi connectivity index (χ4v) is 3.14. The van der Waals surface area contributed by atoms with Crippen molar-refractivity contribution in [3.05, 3.63) is 65.5 Å². The summed E-state index contributed by atoms with van der Waals surface area (Å²) < 4.78 is 13.9. The molecular formula is C21H23FN2O2. The average molecular weight is 354 g/mol. The standard InChI is InChI=1S/C21H23FN2O2/c1-14(2)16-9-7-15(8-10-16)12-23-21(26)17-11-20(25)24(13-17)19-6-4-3-5-18(19)22/h3-10,14,17H,11-13H2,1-2H3,(H,23,26)/t17-/m0/s1. The number of nitrogens with one attached hydrogen (secondary N) is 1. The van der Waals surface area contributed by atoms with E-state index in [-0.39, 0.29) is 30.5 Å². The van der Waals surface area contributed by atoms with E-state index >= 15 is 0 Å². The second kappa shape index (κ2) is 7.68. The van der Waals surface area contributed by atoms with Gasteiger partial charge in [0.1, 0.15) is 5.82 Å². The zero-order valence-electron chi connectivity index (χ0n) is 15.0. The lowest BCUT2D eigenvalue weighted by molar-refractivity contribution is -0.126. The van der Waals surface area contributed by atoms with Gasteiger partial charge in [-0.25, -0.2) is 4.39 Å². The largest absolute Gasteiger partial charge is 0.352 e. The van der Waals surface area contributed by atoms with Crippen LogP contribution in [-0.4, -0.2) is 18.4 Å². The van der Waals surface area contributed by atoms with Gasteiger partial charge in [-0.3, -0.25) is 9.59 Å². The van der Waals surface area contributed by atoms with Gasteiger partial charge in [-0.05, 0) is 29.2 Å². The van der Waals surface area contributed by atoms with Crippen molar-refractivity contribution in [3.8, 4) is 0 Å². The summed E-state index contributed by atoms with van der Waals surface area (Å²) in [4.78, 5) is 26.0. The van der Waals surface area contributed by atoms with Crippen molar-refractivity contribution in [2.24, 2.45) is 5.92 Å². The molecule has 26 heavy (non-hydrogen) atoms. The van der Waals surface area contributed by atoms with Crippen molar-refractivity contribution >= 4 is 17.5 Å². The Balaban J connectivity index is 1.59. The van der Waals surface area contributed by atoms with E-state index < -0.39 is 11.7 Å². The summed E-state index contributed by atoms with van der Waals surface area (Å²) in [6.45, 7) is 4.89. The van der Waals surface area contributed by atoms with Crippen molar-refractivity contribution < 1.29 is 14.0 Å². The van der Waals surface area contributed by atoms with Crippen LogP contribution in [0, 0.1) is 11.7 Å². The topological polar surface area (TPSA) is 49.4 Å². The number of hydrogen-bond donors (Lipinski definition) is 1. The molecule has 0 radical (unpaired) electrons. The minimum absolute atomic E-state index is 0.104. The lowest BCUT2D eigenvalue weighted by atomic mass is 10.0. The van der Waals surface area contributed by atoms with Crippen LogP contribution in [0.25, 0.3) is 0 Å². The van der Waals surface area contributed by atoms with E-state index in [0.29, 0.717) is 12.5 Å². The van der Waals surface area contributed by atoms with E-state index in [4.69, 9.17) is 0 Å². The Bertz CT molecular complexity index is 802. The van der Waals surface area contributed by atoms with Gasteiger partial charge < -0.3 is 10.2 Å². The van der Waals surface area contributed by atoms with E-state index in [1.807, 2.05) is 12.1 Å². The maximum atomic E-state index is 13.9. The third-order valence-electron chi connectivity index (χ3n) is 4.75. The van der Waals surface area contributed by atoms with Crippen LogP contribution >= 0.6 is 0 Å². The number of amides is 2. The van der Waals surface area contributed by atoms with Gasteiger partial charge in [-0.15, -0.1) is 0 Å². The van der Waals surface area contributed by atoms with E-state index in [9.17, 15) is 14.0 Å². The van der Waals surface area contributed by atoms with Gasteiger partial charge in [0.15, 0.2) is 0 Å². The maximum absolute atomic E-state index is 13.9. The second-order valence-electron chi connectivity index (χ2n) is 6.97. The Morgan fingerprint density at radius 2 is 1.88 bits per heavy atom. The second-order valence-corrected chi connectivity index (χ2v) is 6.97. The maximum Gasteiger partial charge on any atom is 0.227 e. The van der Waals surface area contributed by atoms with Crippen LogP contribution in [0.4, 0.5) is 10.1 Å². The molecule has 2 aromatic carbocycles. The summed E-state index contributed by atoms with van der Waals surface area (Å²) in [6, 6.07) is 14.3.